The Balaban J connectivity index is 1.90. The van der Waals surface area contributed by atoms with Gasteiger partial charge < -0.3 is 5.32 Å². The Morgan fingerprint density at radius 1 is 1.06 bits per heavy atom. The molecule has 0 saturated carbocycles. The van der Waals surface area contributed by atoms with Gasteiger partial charge in [0.25, 0.3) is 0 Å². The summed E-state index contributed by atoms with van der Waals surface area (Å²) in [5.74, 6) is -0.188. The van der Waals surface area contributed by atoms with Crippen molar-refractivity contribution in [1.82, 2.24) is 5.32 Å². The van der Waals surface area contributed by atoms with E-state index >= 15 is 0 Å². The first-order chi connectivity index (χ1) is 8.65. The van der Waals surface area contributed by atoms with Crippen molar-refractivity contribution in [3.05, 3.63) is 69.4 Å². The van der Waals surface area contributed by atoms with Crippen molar-refractivity contribution in [1.29, 1.82) is 0 Å². The Bertz CT molecular complexity index is 540. The van der Waals surface area contributed by atoms with Gasteiger partial charge in [-0.3, -0.25) is 0 Å². The molecular formula is C15H15BrFN. The molecule has 0 radical (unpaired) electrons. The van der Waals surface area contributed by atoms with E-state index in [1.807, 2.05) is 6.07 Å². The molecule has 18 heavy (non-hydrogen) atoms. The summed E-state index contributed by atoms with van der Waals surface area (Å²) in [5, 5.41) is 3.30. The largest absolute Gasteiger partial charge is 0.309 e. The Kier molecular flexibility index (Phi) is 4.50. The molecule has 1 nitrogen and oxygen atoms in total. The zero-order chi connectivity index (χ0) is 13.0. The van der Waals surface area contributed by atoms with Gasteiger partial charge in [0.1, 0.15) is 5.82 Å². The number of nitrogens with one attached hydrogen (secondary N) is 1. The summed E-state index contributed by atoms with van der Waals surface area (Å²) in [5.41, 5.74) is 3.40. The summed E-state index contributed by atoms with van der Waals surface area (Å²) < 4.78 is 14.1. The van der Waals surface area contributed by atoms with Crippen molar-refractivity contribution in [3.63, 3.8) is 0 Å². The maximum Gasteiger partial charge on any atom is 0.123 e. The van der Waals surface area contributed by atoms with Gasteiger partial charge in [0.05, 0.1) is 0 Å². The van der Waals surface area contributed by atoms with Gasteiger partial charge in [-0.2, -0.15) is 0 Å². The summed E-state index contributed by atoms with van der Waals surface area (Å²) in [4.78, 5) is 0. The zero-order valence-electron chi connectivity index (χ0n) is 10.2. The van der Waals surface area contributed by atoms with Crippen molar-refractivity contribution >= 4 is 15.9 Å². The number of hydrogen-bond acceptors (Lipinski definition) is 1. The summed E-state index contributed by atoms with van der Waals surface area (Å²) in [6.45, 7) is 3.51. The van der Waals surface area contributed by atoms with E-state index in [1.165, 1.54) is 17.2 Å². The van der Waals surface area contributed by atoms with Crippen molar-refractivity contribution in [2.75, 3.05) is 0 Å². The van der Waals surface area contributed by atoms with Crippen LogP contribution in [0.4, 0.5) is 4.39 Å². The van der Waals surface area contributed by atoms with Crippen LogP contribution >= 0.6 is 15.9 Å². The summed E-state index contributed by atoms with van der Waals surface area (Å²) in [7, 11) is 0. The standard InChI is InChI=1S/C15H15BrFN/c1-11-5-6-13(8-15(11)16)10-18-9-12-3-2-4-14(17)7-12/h2-8,18H,9-10H2,1H3. The molecule has 94 valence electrons. The topological polar surface area (TPSA) is 12.0 Å². The second-order valence-corrected chi connectivity index (χ2v) is 5.17. The molecule has 0 aliphatic carbocycles. The summed E-state index contributed by atoms with van der Waals surface area (Å²) in [6.07, 6.45) is 0. The molecule has 0 heterocycles. The van der Waals surface area contributed by atoms with Crippen LogP contribution in [0.2, 0.25) is 0 Å². The van der Waals surface area contributed by atoms with Gasteiger partial charge in [0, 0.05) is 17.6 Å². The highest BCUT2D eigenvalue weighted by atomic mass is 79.9. The third kappa shape index (κ3) is 3.65. The molecule has 0 saturated heterocycles. The second kappa shape index (κ2) is 6.12. The highest BCUT2D eigenvalue weighted by Crippen LogP contribution is 2.17. The van der Waals surface area contributed by atoms with E-state index in [0.29, 0.717) is 6.54 Å². The average molecular weight is 308 g/mol. The van der Waals surface area contributed by atoms with E-state index < -0.39 is 0 Å². The Hall–Kier alpha value is -1.19. The van der Waals surface area contributed by atoms with Crippen LogP contribution in [0.5, 0.6) is 0 Å². The molecule has 0 bridgehead atoms. The highest BCUT2D eigenvalue weighted by molar-refractivity contribution is 9.10. The quantitative estimate of drug-likeness (QED) is 0.893. The lowest BCUT2D eigenvalue weighted by Crippen LogP contribution is -2.12. The molecule has 2 aromatic carbocycles. The normalized spacial score (nSPS) is 10.6. The molecule has 0 fully saturated rings. The Labute approximate surface area is 115 Å². The van der Waals surface area contributed by atoms with Crippen LogP contribution in [-0.2, 0) is 13.1 Å². The predicted octanol–water partition coefficient (Wildman–Crippen LogP) is 4.19. The maximum atomic E-state index is 13.0. The van der Waals surface area contributed by atoms with E-state index in [2.05, 4.69) is 46.4 Å². The lowest BCUT2D eigenvalue weighted by molar-refractivity contribution is 0.620. The third-order valence-electron chi connectivity index (χ3n) is 2.78. The second-order valence-electron chi connectivity index (χ2n) is 4.32. The Morgan fingerprint density at radius 2 is 1.78 bits per heavy atom. The molecular weight excluding hydrogens is 293 g/mol. The van der Waals surface area contributed by atoms with E-state index in [1.54, 1.807) is 12.1 Å². The average Bonchev–Trinajstić information content (AvgIpc) is 2.34. The van der Waals surface area contributed by atoms with Crippen LogP contribution < -0.4 is 5.32 Å². The predicted molar refractivity (Wildman–Crippen MR) is 75.8 cm³/mol. The molecule has 3 heteroatoms. The smallest absolute Gasteiger partial charge is 0.123 e. The minimum absolute atomic E-state index is 0.188. The molecule has 0 unspecified atom stereocenters. The van der Waals surface area contributed by atoms with E-state index in [4.69, 9.17) is 0 Å². The van der Waals surface area contributed by atoms with Gasteiger partial charge in [-0.25, -0.2) is 4.39 Å². The molecule has 2 aromatic rings. The van der Waals surface area contributed by atoms with Crippen molar-refractivity contribution in [2.45, 2.75) is 20.0 Å². The summed E-state index contributed by atoms with van der Waals surface area (Å²) >= 11 is 3.52. The van der Waals surface area contributed by atoms with E-state index in [9.17, 15) is 4.39 Å². The fraction of sp³-hybridized carbons (Fsp3) is 0.200. The van der Waals surface area contributed by atoms with Crippen LogP contribution in [0.1, 0.15) is 16.7 Å². The van der Waals surface area contributed by atoms with Gasteiger partial charge >= 0.3 is 0 Å². The Morgan fingerprint density at radius 3 is 2.44 bits per heavy atom. The van der Waals surface area contributed by atoms with E-state index in [-0.39, 0.29) is 5.82 Å². The molecule has 0 aliphatic heterocycles. The maximum absolute atomic E-state index is 13.0. The van der Waals surface area contributed by atoms with Crippen molar-refractivity contribution in [3.8, 4) is 0 Å². The minimum Gasteiger partial charge on any atom is -0.309 e. The van der Waals surface area contributed by atoms with Gasteiger partial charge in [-0.15, -0.1) is 0 Å². The number of halogens is 2. The van der Waals surface area contributed by atoms with Crippen LogP contribution in [0.3, 0.4) is 0 Å². The molecule has 0 spiro atoms. The van der Waals surface area contributed by atoms with Crippen molar-refractivity contribution in [2.24, 2.45) is 0 Å². The summed E-state index contributed by atoms with van der Waals surface area (Å²) in [6, 6.07) is 12.9. The monoisotopic (exact) mass is 307 g/mol. The molecule has 0 atom stereocenters. The van der Waals surface area contributed by atoms with Crippen molar-refractivity contribution < 1.29 is 4.39 Å². The van der Waals surface area contributed by atoms with Crippen LogP contribution in [-0.4, -0.2) is 0 Å². The molecule has 2 rings (SSSR count). The molecule has 0 aliphatic rings. The SMILES string of the molecule is Cc1ccc(CNCc2cccc(F)c2)cc1Br. The van der Waals surface area contributed by atoms with Gasteiger partial charge in [0.15, 0.2) is 0 Å². The first kappa shape index (κ1) is 13.2. The number of aryl methyl sites for hydroxylation is 1. The van der Waals surface area contributed by atoms with Crippen LogP contribution in [0.15, 0.2) is 46.9 Å². The van der Waals surface area contributed by atoms with Crippen LogP contribution in [0.25, 0.3) is 0 Å². The van der Waals surface area contributed by atoms with Gasteiger partial charge in [0.2, 0.25) is 0 Å². The van der Waals surface area contributed by atoms with E-state index in [0.717, 1.165) is 16.6 Å². The fourth-order valence-electron chi connectivity index (χ4n) is 1.74. The molecule has 0 aromatic heterocycles. The minimum atomic E-state index is -0.188. The molecule has 1 N–H and O–H groups in total. The first-order valence-electron chi connectivity index (χ1n) is 5.85. The number of benzene rings is 2. The number of rotatable bonds is 4. The molecule has 0 amide bonds. The lowest BCUT2D eigenvalue weighted by Gasteiger charge is -2.07. The highest BCUT2D eigenvalue weighted by Gasteiger charge is 1.98. The first-order valence-corrected chi connectivity index (χ1v) is 6.64. The lowest BCUT2D eigenvalue weighted by atomic mass is 10.1. The fourth-order valence-corrected chi connectivity index (χ4v) is 2.17. The zero-order valence-corrected chi connectivity index (χ0v) is 11.8. The van der Waals surface area contributed by atoms with Crippen LogP contribution in [0, 0.1) is 12.7 Å². The third-order valence-corrected chi connectivity index (χ3v) is 3.64. The number of hydrogen-bond donors (Lipinski definition) is 1. The van der Waals surface area contributed by atoms with Gasteiger partial charge in [-0.1, -0.05) is 40.2 Å². The van der Waals surface area contributed by atoms with Gasteiger partial charge in [-0.05, 0) is 41.8 Å².